The summed E-state index contributed by atoms with van der Waals surface area (Å²) < 4.78 is 10.7. The van der Waals surface area contributed by atoms with Crippen LogP contribution in [-0.4, -0.2) is 113 Å². The molecule has 0 saturated carbocycles. The fourth-order valence-corrected chi connectivity index (χ4v) is 5.04. The third kappa shape index (κ3) is 8.61. The Labute approximate surface area is 186 Å². The lowest BCUT2D eigenvalue weighted by atomic mass is 9.95. The smallest absolute Gasteiger partial charge is 0.191 e. The zero-order valence-corrected chi connectivity index (χ0v) is 20.3. The van der Waals surface area contributed by atoms with Gasteiger partial charge in [0.05, 0.1) is 13.2 Å². The van der Waals surface area contributed by atoms with Crippen molar-refractivity contribution in [1.82, 2.24) is 20.4 Å². The minimum Gasteiger partial charge on any atom is -0.385 e. The number of hydrogen-bond donors (Lipinski definition) is 2. The van der Waals surface area contributed by atoms with E-state index in [1.54, 1.807) is 7.11 Å². The van der Waals surface area contributed by atoms with Crippen LogP contribution in [0.2, 0.25) is 0 Å². The number of guanidine groups is 1. The molecule has 2 saturated heterocycles. The minimum absolute atomic E-state index is 0. The van der Waals surface area contributed by atoms with Crippen LogP contribution in [0.1, 0.15) is 12.8 Å². The number of thioether (sulfide) groups is 1. The second-order valence-corrected chi connectivity index (χ2v) is 8.23. The summed E-state index contributed by atoms with van der Waals surface area (Å²) in [6, 6.07) is 0. The normalized spacial score (nSPS) is 24.1. The SMILES string of the molecule is CN=C(NCCN(C)CCCOC)NCC1(N2CCOCC2)CCSC1.I. The van der Waals surface area contributed by atoms with E-state index in [1.807, 2.05) is 7.05 Å². The number of rotatable bonds is 10. The van der Waals surface area contributed by atoms with E-state index >= 15 is 0 Å². The molecule has 0 aromatic rings. The van der Waals surface area contributed by atoms with Crippen molar-refractivity contribution in [1.29, 1.82) is 0 Å². The maximum Gasteiger partial charge on any atom is 0.191 e. The highest BCUT2D eigenvalue weighted by Gasteiger charge is 2.40. The van der Waals surface area contributed by atoms with E-state index in [0.29, 0.717) is 0 Å². The highest BCUT2D eigenvalue weighted by molar-refractivity contribution is 14.0. The summed E-state index contributed by atoms with van der Waals surface area (Å²) in [5, 5.41) is 7.03. The lowest BCUT2D eigenvalue weighted by Gasteiger charge is -2.43. The summed E-state index contributed by atoms with van der Waals surface area (Å²) in [4.78, 5) is 9.35. The third-order valence-electron chi connectivity index (χ3n) is 5.25. The standard InChI is InChI=1S/C18H37N5O2S.HI/c1-19-17(20-6-8-22(2)7-4-11-24-3)21-15-18(5-14-26-16-18)23-9-12-25-13-10-23;/h4-16H2,1-3H3,(H2,19,20,21);1H. The van der Waals surface area contributed by atoms with Crippen molar-refractivity contribution >= 4 is 41.7 Å². The Hall–Kier alpha value is 0.190. The van der Waals surface area contributed by atoms with Gasteiger partial charge in [0, 0.05) is 71.3 Å². The maximum atomic E-state index is 5.54. The molecule has 1 unspecified atom stereocenters. The second-order valence-electron chi connectivity index (χ2n) is 7.13. The van der Waals surface area contributed by atoms with Crippen molar-refractivity contribution in [3.05, 3.63) is 0 Å². The Morgan fingerprint density at radius 2 is 2.07 bits per heavy atom. The molecule has 2 aliphatic rings. The van der Waals surface area contributed by atoms with Gasteiger partial charge in [0.15, 0.2) is 5.96 Å². The average Bonchev–Trinajstić information content (AvgIpc) is 3.15. The van der Waals surface area contributed by atoms with Crippen molar-refractivity contribution in [3.8, 4) is 0 Å². The zero-order chi connectivity index (χ0) is 18.7. The molecule has 7 nitrogen and oxygen atoms in total. The highest BCUT2D eigenvalue weighted by Crippen LogP contribution is 2.33. The molecular weight excluding hydrogens is 477 g/mol. The van der Waals surface area contributed by atoms with Crippen molar-refractivity contribution in [2.24, 2.45) is 4.99 Å². The quantitative estimate of drug-likeness (QED) is 0.195. The molecule has 0 bridgehead atoms. The Morgan fingerprint density at radius 1 is 1.30 bits per heavy atom. The molecule has 2 N–H and O–H groups in total. The van der Waals surface area contributed by atoms with Crippen molar-refractivity contribution in [2.45, 2.75) is 18.4 Å². The van der Waals surface area contributed by atoms with E-state index < -0.39 is 0 Å². The second kappa shape index (κ2) is 14.2. The fourth-order valence-electron chi connectivity index (χ4n) is 3.56. The van der Waals surface area contributed by atoms with Crippen molar-refractivity contribution < 1.29 is 9.47 Å². The maximum absolute atomic E-state index is 5.54. The molecule has 2 heterocycles. The van der Waals surface area contributed by atoms with Gasteiger partial charge in [-0.15, -0.1) is 24.0 Å². The molecule has 2 rings (SSSR count). The lowest BCUT2D eigenvalue weighted by Crippen LogP contribution is -2.60. The van der Waals surface area contributed by atoms with Gasteiger partial charge in [-0.05, 0) is 25.6 Å². The van der Waals surface area contributed by atoms with E-state index in [0.717, 1.165) is 71.5 Å². The molecule has 27 heavy (non-hydrogen) atoms. The van der Waals surface area contributed by atoms with E-state index in [4.69, 9.17) is 9.47 Å². The fraction of sp³-hybridized carbons (Fsp3) is 0.944. The van der Waals surface area contributed by atoms with Crippen LogP contribution in [0.15, 0.2) is 4.99 Å². The van der Waals surface area contributed by atoms with Gasteiger partial charge in [0.1, 0.15) is 0 Å². The summed E-state index contributed by atoms with van der Waals surface area (Å²) in [7, 11) is 5.75. The highest BCUT2D eigenvalue weighted by atomic mass is 127. The lowest BCUT2D eigenvalue weighted by molar-refractivity contribution is -0.0120. The predicted molar refractivity (Wildman–Crippen MR) is 126 cm³/mol. The van der Waals surface area contributed by atoms with Crippen LogP contribution >= 0.6 is 35.7 Å². The first kappa shape index (κ1) is 25.2. The van der Waals surface area contributed by atoms with Crippen molar-refractivity contribution in [2.75, 3.05) is 91.8 Å². The summed E-state index contributed by atoms with van der Waals surface area (Å²) in [5.74, 6) is 3.34. The Bertz CT molecular complexity index is 419. The average molecular weight is 516 g/mol. The number of hydrogen-bond acceptors (Lipinski definition) is 6. The van der Waals surface area contributed by atoms with Crippen LogP contribution < -0.4 is 10.6 Å². The molecule has 0 amide bonds. The molecule has 0 radical (unpaired) electrons. The first-order valence-corrected chi connectivity index (χ1v) is 10.9. The van der Waals surface area contributed by atoms with Crippen LogP contribution in [0.4, 0.5) is 0 Å². The molecule has 2 fully saturated rings. The summed E-state index contributed by atoms with van der Waals surface area (Å²) in [5.41, 5.74) is 0.239. The Kier molecular flexibility index (Phi) is 13.3. The molecule has 160 valence electrons. The first-order chi connectivity index (χ1) is 12.7. The van der Waals surface area contributed by atoms with Crippen LogP contribution in [0.5, 0.6) is 0 Å². The molecule has 9 heteroatoms. The van der Waals surface area contributed by atoms with E-state index in [9.17, 15) is 0 Å². The number of nitrogens with zero attached hydrogens (tertiary/aromatic N) is 3. The molecule has 0 aromatic carbocycles. The van der Waals surface area contributed by atoms with Crippen LogP contribution in [0, 0.1) is 0 Å². The largest absolute Gasteiger partial charge is 0.385 e. The monoisotopic (exact) mass is 515 g/mol. The van der Waals surface area contributed by atoms with Gasteiger partial charge >= 0.3 is 0 Å². The van der Waals surface area contributed by atoms with Crippen LogP contribution in [0.3, 0.4) is 0 Å². The number of nitrogens with one attached hydrogen (secondary N) is 2. The van der Waals surface area contributed by atoms with Gasteiger partial charge in [0.2, 0.25) is 0 Å². The number of halogens is 1. The van der Waals surface area contributed by atoms with Gasteiger partial charge in [-0.3, -0.25) is 9.89 Å². The molecule has 0 spiro atoms. The molecular formula is C18H38IN5O2S. The van der Waals surface area contributed by atoms with Crippen molar-refractivity contribution in [3.63, 3.8) is 0 Å². The number of methoxy groups -OCH3 is 1. The molecule has 0 aromatic heterocycles. The van der Waals surface area contributed by atoms with E-state index in [-0.39, 0.29) is 29.5 Å². The summed E-state index contributed by atoms with van der Waals surface area (Å²) >= 11 is 2.07. The predicted octanol–water partition coefficient (Wildman–Crippen LogP) is 0.946. The van der Waals surface area contributed by atoms with Gasteiger partial charge in [0.25, 0.3) is 0 Å². The third-order valence-corrected chi connectivity index (χ3v) is 6.48. The van der Waals surface area contributed by atoms with Gasteiger partial charge in [-0.2, -0.15) is 11.8 Å². The molecule has 1 atom stereocenters. The molecule has 2 aliphatic heterocycles. The Morgan fingerprint density at radius 3 is 2.70 bits per heavy atom. The van der Waals surface area contributed by atoms with Gasteiger partial charge in [-0.1, -0.05) is 0 Å². The molecule has 0 aliphatic carbocycles. The summed E-state index contributed by atoms with van der Waals surface area (Å²) in [6.07, 6.45) is 2.31. The topological polar surface area (TPSA) is 61.4 Å². The van der Waals surface area contributed by atoms with Crippen LogP contribution in [0.25, 0.3) is 0 Å². The Balaban J connectivity index is 0.00000364. The zero-order valence-electron chi connectivity index (χ0n) is 17.2. The number of aliphatic imine (C=N–C) groups is 1. The number of ether oxygens (including phenoxy) is 2. The van der Waals surface area contributed by atoms with E-state index in [1.165, 1.54) is 17.9 Å². The number of likely N-dealkylation sites (N-methyl/N-ethyl adjacent to an activating group) is 1. The number of morpholine rings is 1. The summed E-state index contributed by atoms with van der Waals surface area (Å²) in [6.45, 7) is 8.51. The first-order valence-electron chi connectivity index (χ1n) is 9.73. The van der Waals surface area contributed by atoms with Gasteiger partial charge < -0.3 is 25.0 Å². The van der Waals surface area contributed by atoms with E-state index in [2.05, 4.69) is 44.2 Å². The minimum atomic E-state index is 0. The van der Waals surface area contributed by atoms with Gasteiger partial charge in [-0.25, -0.2) is 0 Å². The van der Waals surface area contributed by atoms with Crippen LogP contribution in [-0.2, 0) is 9.47 Å².